The molecule has 0 bridgehead atoms. The predicted molar refractivity (Wildman–Crippen MR) is 80.8 cm³/mol. The van der Waals surface area contributed by atoms with Crippen molar-refractivity contribution in [2.24, 2.45) is 0 Å². The van der Waals surface area contributed by atoms with Crippen LogP contribution in [0.4, 0.5) is 5.69 Å². The SMILES string of the molecule is Nc1cccc2oc(CS(=O)(=O)c3ccccc3Cl)nc12. The van der Waals surface area contributed by atoms with Crippen LogP contribution in [0.5, 0.6) is 0 Å². The number of nitrogens with two attached hydrogens (primary N) is 1. The van der Waals surface area contributed by atoms with Gasteiger partial charge in [-0.05, 0) is 24.3 Å². The van der Waals surface area contributed by atoms with E-state index in [0.717, 1.165) is 0 Å². The summed E-state index contributed by atoms with van der Waals surface area (Å²) in [5.74, 6) is -0.284. The van der Waals surface area contributed by atoms with Gasteiger partial charge in [-0.3, -0.25) is 0 Å². The Morgan fingerprint density at radius 3 is 2.62 bits per heavy atom. The Morgan fingerprint density at radius 2 is 1.90 bits per heavy atom. The number of aromatic nitrogens is 1. The first kappa shape index (κ1) is 13.9. The van der Waals surface area contributed by atoms with Crippen molar-refractivity contribution < 1.29 is 12.8 Å². The number of benzene rings is 2. The van der Waals surface area contributed by atoms with Crippen LogP contribution in [0.15, 0.2) is 51.8 Å². The van der Waals surface area contributed by atoms with Gasteiger partial charge in [0.05, 0.1) is 15.6 Å². The molecule has 0 atom stereocenters. The third kappa shape index (κ3) is 2.59. The van der Waals surface area contributed by atoms with Gasteiger partial charge in [-0.1, -0.05) is 29.8 Å². The van der Waals surface area contributed by atoms with Crippen molar-refractivity contribution in [1.82, 2.24) is 4.98 Å². The number of nitrogens with zero attached hydrogens (tertiary/aromatic N) is 1. The first-order valence-corrected chi connectivity index (χ1v) is 8.11. The zero-order chi connectivity index (χ0) is 15.0. The van der Waals surface area contributed by atoms with Gasteiger partial charge in [-0.25, -0.2) is 13.4 Å². The lowest BCUT2D eigenvalue weighted by Gasteiger charge is -2.03. The Labute approximate surface area is 126 Å². The van der Waals surface area contributed by atoms with Crippen LogP contribution >= 0.6 is 11.6 Å². The summed E-state index contributed by atoms with van der Waals surface area (Å²) >= 11 is 5.93. The lowest BCUT2D eigenvalue weighted by molar-refractivity contribution is 0.540. The van der Waals surface area contributed by atoms with Crippen molar-refractivity contribution >= 4 is 38.2 Å². The quantitative estimate of drug-likeness (QED) is 0.749. The van der Waals surface area contributed by atoms with E-state index in [1.165, 1.54) is 12.1 Å². The molecule has 0 radical (unpaired) electrons. The number of fused-ring (bicyclic) bond motifs is 1. The highest BCUT2D eigenvalue weighted by atomic mass is 35.5. The number of oxazole rings is 1. The topological polar surface area (TPSA) is 86.2 Å². The largest absolute Gasteiger partial charge is 0.439 e. The lowest BCUT2D eigenvalue weighted by atomic mass is 10.3. The summed E-state index contributed by atoms with van der Waals surface area (Å²) in [5, 5.41) is 0.174. The first-order valence-electron chi connectivity index (χ1n) is 6.08. The van der Waals surface area contributed by atoms with Gasteiger partial charge in [-0.15, -0.1) is 0 Å². The fourth-order valence-corrected chi connectivity index (χ4v) is 3.76. The average Bonchev–Trinajstić information content (AvgIpc) is 2.82. The fourth-order valence-electron chi connectivity index (χ4n) is 2.01. The van der Waals surface area contributed by atoms with Crippen LogP contribution in [0.1, 0.15) is 5.89 Å². The van der Waals surface area contributed by atoms with Crippen LogP contribution in [-0.2, 0) is 15.6 Å². The zero-order valence-electron chi connectivity index (χ0n) is 10.8. The van der Waals surface area contributed by atoms with Crippen molar-refractivity contribution in [1.29, 1.82) is 0 Å². The maximum absolute atomic E-state index is 12.4. The van der Waals surface area contributed by atoms with Crippen LogP contribution in [0, 0.1) is 0 Å². The van der Waals surface area contributed by atoms with Crippen LogP contribution in [-0.4, -0.2) is 13.4 Å². The molecule has 1 aromatic heterocycles. The lowest BCUT2D eigenvalue weighted by Crippen LogP contribution is -2.05. The molecular formula is C14H11ClN2O3S. The molecule has 0 saturated carbocycles. The number of hydrogen-bond acceptors (Lipinski definition) is 5. The van der Waals surface area contributed by atoms with Gasteiger partial charge >= 0.3 is 0 Å². The van der Waals surface area contributed by atoms with Gasteiger partial charge in [0.1, 0.15) is 11.3 Å². The van der Waals surface area contributed by atoms with E-state index >= 15 is 0 Å². The van der Waals surface area contributed by atoms with Gasteiger partial charge in [0.15, 0.2) is 15.4 Å². The number of sulfone groups is 1. The minimum Gasteiger partial charge on any atom is -0.439 e. The maximum atomic E-state index is 12.4. The van der Waals surface area contributed by atoms with Crippen molar-refractivity contribution in [2.45, 2.75) is 10.6 Å². The second kappa shape index (κ2) is 5.05. The molecule has 5 nitrogen and oxygen atoms in total. The van der Waals surface area contributed by atoms with Gasteiger partial charge < -0.3 is 10.2 Å². The van der Waals surface area contributed by atoms with Crippen molar-refractivity contribution in [3.8, 4) is 0 Å². The maximum Gasteiger partial charge on any atom is 0.211 e. The van der Waals surface area contributed by atoms with E-state index in [0.29, 0.717) is 16.8 Å². The molecule has 0 spiro atoms. The van der Waals surface area contributed by atoms with Gasteiger partial charge in [0.2, 0.25) is 5.89 Å². The second-order valence-electron chi connectivity index (χ2n) is 4.49. The molecule has 0 unspecified atom stereocenters. The summed E-state index contributed by atoms with van der Waals surface area (Å²) < 4.78 is 30.2. The summed E-state index contributed by atoms with van der Waals surface area (Å²) in [7, 11) is -3.63. The highest BCUT2D eigenvalue weighted by molar-refractivity contribution is 7.90. The molecule has 0 saturated heterocycles. The van der Waals surface area contributed by atoms with E-state index in [1.54, 1.807) is 30.3 Å². The molecule has 0 fully saturated rings. The van der Waals surface area contributed by atoms with E-state index < -0.39 is 9.84 Å². The Balaban J connectivity index is 2.02. The van der Waals surface area contributed by atoms with Crippen molar-refractivity contribution in [3.63, 3.8) is 0 Å². The van der Waals surface area contributed by atoms with E-state index in [2.05, 4.69) is 4.98 Å². The second-order valence-corrected chi connectivity index (χ2v) is 6.86. The van der Waals surface area contributed by atoms with Crippen molar-refractivity contribution in [2.75, 3.05) is 5.73 Å². The number of halogens is 1. The number of para-hydroxylation sites is 1. The molecule has 2 aromatic carbocycles. The Morgan fingerprint density at radius 1 is 1.14 bits per heavy atom. The highest BCUT2D eigenvalue weighted by Gasteiger charge is 2.22. The number of hydrogen-bond donors (Lipinski definition) is 1. The summed E-state index contributed by atoms with van der Waals surface area (Å²) in [4.78, 5) is 4.20. The average molecular weight is 323 g/mol. The van der Waals surface area contributed by atoms with Crippen LogP contribution in [0.25, 0.3) is 11.1 Å². The molecule has 108 valence electrons. The molecule has 3 rings (SSSR count). The summed E-state index contributed by atoms with van der Waals surface area (Å²) in [6.07, 6.45) is 0. The molecule has 0 aliphatic heterocycles. The Bertz CT molecular complexity index is 919. The molecule has 0 aliphatic carbocycles. The summed E-state index contributed by atoms with van der Waals surface area (Å²) in [5.41, 5.74) is 7.14. The third-order valence-corrected chi connectivity index (χ3v) is 5.07. The smallest absolute Gasteiger partial charge is 0.211 e. The highest BCUT2D eigenvalue weighted by Crippen LogP contribution is 2.26. The Hall–Kier alpha value is -2.05. The molecule has 0 aliphatic rings. The third-order valence-electron chi connectivity index (χ3n) is 2.98. The van der Waals surface area contributed by atoms with Gasteiger partial charge in [-0.2, -0.15) is 0 Å². The minimum absolute atomic E-state index is 0.0573. The first-order chi connectivity index (χ1) is 9.97. The number of nitrogen functional groups attached to an aromatic ring is 1. The minimum atomic E-state index is -3.63. The Kier molecular flexibility index (Phi) is 3.35. The normalized spacial score (nSPS) is 11.9. The molecule has 3 aromatic rings. The molecule has 7 heteroatoms. The van der Waals surface area contributed by atoms with Gasteiger partial charge in [0, 0.05) is 0 Å². The van der Waals surface area contributed by atoms with E-state index in [-0.39, 0.29) is 21.6 Å². The predicted octanol–water partition coefficient (Wildman–Crippen LogP) is 3.04. The van der Waals surface area contributed by atoms with Crippen LogP contribution in [0.2, 0.25) is 5.02 Å². The monoisotopic (exact) mass is 322 g/mol. The van der Waals surface area contributed by atoms with Crippen LogP contribution in [0.3, 0.4) is 0 Å². The van der Waals surface area contributed by atoms with Gasteiger partial charge in [0.25, 0.3) is 0 Å². The molecular weight excluding hydrogens is 312 g/mol. The molecule has 2 N–H and O–H groups in total. The number of rotatable bonds is 3. The van der Waals surface area contributed by atoms with Crippen molar-refractivity contribution in [3.05, 3.63) is 53.4 Å². The standard InChI is InChI=1S/C14H11ClN2O3S/c15-9-4-1-2-7-12(9)21(18,19)8-13-17-14-10(16)5-3-6-11(14)20-13/h1-7H,8,16H2. The molecule has 1 heterocycles. The number of anilines is 1. The van der Waals surface area contributed by atoms with E-state index in [4.69, 9.17) is 21.8 Å². The zero-order valence-corrected chi connectivity index (χ0v) is 12.4. The molecule has 21 heavy (non-hydrogen) atoms. The van der Waals surface area contributed by atoms with Crippen LogP contribution < -0.4 is 5.73 Å². The van der Waals surface area contributed by atoms with E-state index in [1.807, 2.05) is 0 Å². The summed E-state index contributed by atoms with van der Waals surface area (Å²) in [6, 6.07) is 11.3. The fraction of sp³-hybridized carbons (Fsp3) is 0.0714. The van der Waals surface area contributed by atoms with E-state index in [9.17, 15) is 8.42 Å². The molecule has 0 amide bonds. The summed E-state index contributed by atoms with van der Waals surface area (Å²) in [6.45, 7) is 0.